The summed E-state index contributed by atoms with van der Waals surface area (Å²) in [6, 6.07) is 7.78. The molecule has 2 atom stereocenters. The SMILES string of the molecule is Cc1ccccc1OCC1OC1C=O. The van der Waals surface area contributed by atoms with E-state index in [0.29, 0.717) is 6.61 Å². The van der Waals surface area contributed by atoms with E-state index in [1.54, 1.807) is 0 Å². The van der Waals surface area contributed by atoms with Crippen molar-refractivity contribution in [3.05, 3.63) is 29.8 Å². The van der Waals surface area contributed by atoms with Crippen molar-refractivity contribution < 1.29 is 14.3 Å². The van der Waals surface area contributed by atoms with E-state index in [1.165, 1.54) is 0 Å². The third kappa shape index (κ3) is 1.93. The van der Waals surface area contributed by atoms with Gasteiger partial charge in [-0.25, -0.2) is 0 Å². The van der Waals surface area contributed by atoms with Crippen LogP contribution >= 0.6 is 0 Å². The maximum absolute atomic E-state index is 10.3. The molecule has 1 aromatic rings. The second-order valence-corrected chi connectivity index (χ2v) is 3.35. The van der Waals surface area contributed by atoms with Crippen LogP contribution in [-0.4, -0.2) is 25.1 Å². The van der Waals surface area contributed by atoms with Crippen LogP contribution in [-0.2, 0) is 9.53 Å². The van der Waals surface area contributed by atoms with E-state index in [-0.39, 0.29) is 12.2 Å². The topological polar surface area (TPSA) is 38.8 Å². The highest BCUT2D eigenvalue weighted by atomic mass is 16.6. The van der Waals surface area contributed by atoms with Crippen LogP contribution in [0.3, 0.4) is 0 Å². The van der Waals surface area contributed by atoms with Gasteiger partial charge in [0.1, 0.15) is 24.6 Å². The number of carbonyl (C=O) groups excluding carboxylic acids is 1. The molecule has 1 saturated heterocycles. The predicted octanol–water partition coefficient (Wildman–Crippen LogP) is 1.34. The fraction of sp³-hybridized carbons (Fsp3) is 0.364. The van der Waals surface area contributed by atoms with Crippen LogP contribution in [0.2, 0.25) is 0 Å². The zero-order chi connectivity index (χ0) is 9.97. The molecule has 1 aromatic carbocycles. The molecule has 0 amide bonds. The van der Waals surface area contributed by atoms with Gasteiger partial charge in [-0.2, -0.15) is 0 Å². The molecule has 0 radical (unpaired) electrons. The molecule has 2 rings (SSSR count). The van der Waals surface area contributed by atoms with Crippen LogP contribution < -0.4 is 4.74 Å². The van der Waals surface area contributed by atoms with Gasteiger partial charge >= 0.3 is 0 Å². The van der Waals surface area contributed by atoms with E-state index < -0.39 is 0 Å². The maximum atomic E-state index is 10.3. The molecule has 0 bridgehead atoms. The summed E-state index contributed by atoms with van der Waals surface area (Å²) in [5, 5.41) is 0. The van der Waals surface area contributed by atoms with Gasteiger partial charge in [-0.15, -0.1) is 0 Å². The summed E-state index contributed by atoms with van der Waals surface area (Å²) in [7, 11) is 0. The Balaban J connectivity index is 1.87. The number of aryl methyl sites for hydroxylation is 1. The Bertz CT molecular complexity index is 335. The molecule has 74 valence electrons. The zero-order valence-electron chi connectivity index (χ0n) is 7.97. The number of epoxide rings is 1. The molecule has 0 saturated carbocycles. The number of ether oxygens (including phenoxy) is 2. The first kappa shape index (κ1) is 9.21. The van der Waals surface area contributed by atoms with Crippen molar-refractivity contribution >= 4 is 6.29 Å². The second kappa shape index (κ2) is 3.80. The van der Waals surface area contributed by atoms with Gasteiger partial charge in [0.15, 0.2) is 6.29 Å². The molecule has 3 heteroatoms. The van der Waals surface area contributed by atoms with Crippen molar-refractivity contribution in [1.29, 1.82) is 0 Å². The monoisotopic (exact) mass is 192 g/mol. The number of hydrogen-bond acceptors (Lipinski definition) is 3. The van der Waals surface area contributed by atoms with Crippen LogP contribution in [0.15, 0.2) is 24.3 Å². The highest BCUT2D eigenvalue weighted by Crippen LogP contribution is 2.22. The van der Waals surface area contributed by atoms with Crippen molar-refractivity contribution in [2.24, 2.45) is 0 Å². The first-order valence-corrected chi connectivity index (χ1v) is 4.60. The fourth-order valence-corrected chi connectivity index (χ4v) is 1.30. The minimum absolute atomic E-state index is 0.0490. The van der Waals surface area contributed by atoms with Crippen LogP contribution in [0, 0.1) is 6.92 Å². The van der Waals surface area contributed by atoms with E-state index >= 15 is 0 Å². The van der Waals surface area contributed by atoms with Crippen molar-refractivity contribution in [2.45, 2.75) is 19.1 Å². The maximum Gasteiger partial charge on any atom is 0.151 e. The summed E-state index contributed by atoms with van der Waals surface area (Å²) in [4.78, 5) is 10.3. The summed E-state index contributed by atoms with van der Waals surface area (Å²) in [5.74, 6) is 0.854. The number of carbonyl (C=O) groups is 1. The Hall–Kier alpha value is -1.35. The van der Waals surface area contributed by atoms with E-state index in [1.807, 2.05) is 31.2 Å². The van der Waals surface area contributed by atoms with E-state index in [9.17, 15) is 4.79 Å². The van der Waals surface area contributed by atoms with Gasteiger partial charge < -0.3 is 14.3 Å². The molecule has 14 heavy (non-hydrogen) atoms. The normalized spacial score (nSPS) is 24.4. The quantitative estimate of drug-likeness (QED) is 0.533. The van der Waals surface area contributed by atoms with Gasteiger partial charge in [0, 0.05) is 0 Å². The summed E-state index contributed by atoms with van der Waals surface area (Å²) in [6.07, 6.45) is 0.512. The van der Waals surface area contributed by atoms with Gasteiger partial charge in [0.25, 0.3) is 0 Å². The van der Waals surface area contributed by atoms with Gasteiger partial charge in [0.2, 0.25) is 0 Å². The van der Waals surface area contributed by atoms with Crippen molar-refractivity contribution in [3.63, 3.8) is 0 Å². The standard InChI is InChI=1S/C11H12O3/c1-8-4-2-3-5-9(8)13-7-11-10(6-12)14-11/h2-6,10-11H,7H2,1H3. The molecular weight excluding hydrogens is 180 g/mol. The molecule has 0 aromatic heterocycles. The van der Waals surface area contributed by atoms with E-state index in [4.69, 9.17) is 9.47 Å². The number of aldehydes is 1. The number of rotatable bonds is 4. The Kier molecular flexibility index (Phi) is 2.50. The van der Waals surface area contributed by atoms with Crippen LogP contribution in [0.5, 0.6) is 5.75 Å². The van der Waals surface area contributed by atoms with Crippen LogP contribution in [0.4, 0.5) is 0 Å². The smallest absolute Gasteiger partial charge is 0.151 e. The highest BCUT2D eigenvalue weighted by molar-refractivity contribution is 5.60. The van der Waals surface area contributed by atoms with Gasteiger partial charge in [-0.1, -0.05) is 18.2 Å². The molecule has 3 nitrogen and oxygen atoms in total. The summed E-state index contributed by atoms with van der Waals surface area (Å²) >= 11 is 0. The third-order valence-corrected chi connectivity index (χ3v) is 2.25. The third-order valence-electron chi connectivity index (χ3n) is 2.25. The summed E-state index contributed by atoms with van der Waals surface area (Å²) in [5.41, 5.74) is 1.09. The van der Waals surface area contributed by atoms with Gasteiger partial charge in [0.05, 0.1) is 0 Å². The van der Waals surface area contributed by atoms with Crippen molar-refractivity contribution in [3.8, 4) is 5.75 Å². The lowest BCUT2D eigenvalue weighted by Gasteiger charge is -2.06. The Morgan fingerprint density at radius 3 is 2.93 bits per heavy atom. The van der Waals surface area contributed by atoms with Crippen LogP contribution in [0.25, 0.3) is 0 Å². The van der Waals surface area contributed by atoms with Crippen molar-refractivity contribution in [2.75, 3.05) is 6.61 Å². The number of hydrogen-bond donors (Lipinski definition) is 0. The first-order chi connectivity index (χ1) is 6.81. The first-order valence-electron chi connectivity index (χ1n) is 4.60. The van der Waals surface area contributed by atoms with E-state index in [2.05, 4.69) is 0 Å². The molecular formula is C11H12O3. The molecule has 1 fully saturated rings. The molecule has 0 N–H and O–H groups in total. The summed E-state index contributed by atoms with van der Waals surface area (Å²) < 4.78 is 10.5. The molecule has 2 unspecified atom stereocenters. The second-order valence-electron chi connectivity index (χ2n) is 3.35. The molecule has 1 aliphatic rings. The number of benzene rings is 1. The lowest BCUT2D eigenvalue weighted by atomic mass is 10.2. The summed E-state index contributed by atoms with van der Waals surface area (Å²) in [6.45, 7) is 2.44. The average Bonchev–Trinajstić information content (AvgIpc) is 2.95. The minimum atomic E-state index is -0.251. The Morgan fingerprint density at radius 2 is 2.29 bits per heavy atom. The lowest BCUT2D eigenvalue weighted by Crippen LogP contribution is -2.08. The van der Waals surface area contributed by atoms with Crippen molar-refractivity contribution in [1.82, 2.24) is 0 Å². The molecule has 1 aliphatic heterocycles. The molecule has 1 heterocycles. The Morgan fingerprint density at radius 1 is 1.50 bits per heavy atom. The van der Waals surface area contributed by atoms with Gasteiger partial charge in [-0.05, 0) is 18.6 Å². The van der Waals surface area contributed by atoms with Crippen LogP contribution in [0.1, 0.15) is 5.56 Å². The molecule has 0 spiro atoms. The lowest BCUT2D eigenvalue weighted by molar-refractivity contribution is -0.108. The van der Waals surface area contributed by atoms with Gasteiger partial charge in [-0.3, -0.25) is 0 Å². The van der Waals surface area contributed by atoms with E-state index in [0.717, 1.165) is 17.6 Å². The largest absolute Gasteiger partial charge is 0.490 e. The Labute approximate surface area is 82.6 Å². The fourth-order valence-electron chi connectivity index (χ4n) is 1.30. The minimum Gasteiger partial charge on any atom is -0.490 e. The average molecular weight is 192 g/mol. The molecule has 0 aliphatic carbocycles. The predicted molar refractivity (Wildman–Crippen MR) is 51.4 cm³/mol. The number of para-hydroxylation sites is 1. The highest BCUT2D eigenvalue weighted by Gasteiger charge is 2.39. The zero-order valence-corrected chi connectivity index (χ0v) is 7.97.